The van der Waals surface area contributed by atoms with Crippen LogP contribution in [0.15, 0.2) is 11.6 Å². The molecule has 2 aliphatic rings. The Hall–Kier alpha value is -1.19. The minimum atomic E-state index is -1.77. The van der Waals surface area contributed by atoms with Gasteiger partial charge in [0.2, 0.25) is 0 Å². The van der Waals surface area contributed by atoms with Gasteiger partial charge in [0.05, 0.1) is 13.2 Å². The van der Waals surface area contributed by atoms with Crippen molar-refractivity contribution in [3.63, 3.8) is 0 Å². The molecule has 7 N–H and O–H groups in total. The zero-order valence-electron chi connectivity index (χ0n) is 15.9. The summed E-state index contributed by atoms with van der Waals surface area (Å²) in [6, 6.07) is 0. The standard InChI is InChI=1S/C17H28O12/c1-3-6(2)15(25)28-14-10(21)8(5-19)27-17(13(14)24)29-16-12(23)11(22)9(20)7(4-18)26-16/h3,7-14,16-24H,4-5H2,1-2H3/b6-3-. The fourth-order valence-corrected chi connectivity index (χ4v) is 2.95. The molecule has 0 amide bonds. The van der Waals surface area contributed by atoms with Crippen molar-refractivity contribution < 1.29 is 59.5 Å². The third kappa shape index (κ3) is 5.11. The summed E-state index contributed by atoms with van der Waals surface area (Å²) >= 11 is 0. The number of carbonyl (C=O) groups excluding carboxylic acids is 1. The van der Waals surface area contributed by atoms with E-state index in [2.05, 4.69) is 0 Å². The largest absolute Gasteiger partial charge is 0.453 e. The fourth-order valence-electron chi connectivity index (χ4n) is 2.95. The van der Waals surface area contributed by atoms with Gasteiger partial charge in [0.15, 0.2) is 18.7 Å². The van der Waals surface area contributed by atoms with E-state index in [1.807, 2.05) is 0 Å². The summed E-state index contributed by atoms with van der Waals surface area (Å²) in [5, 5.41) is 69.1. The lowest BCUT2D eigenvalue weighted by atomic mass is 9.98. The van der Waals surface area contributed by atoms with Crippen molar-refractivity contribution in [2.75, 3.05) is 13.2 Å². The van der Waals surface area contributed by atoms with Crippen LogP contribution in [-0.4, -0.2) is 116 Å². The molecule has 29 heavy (non-hydrogen) atoms. The zero-order chi connectivity index (χ0) is 21.9. The summed E-state index contributed by atoms with van der Waals surface area (Å²) in [6.07, 6.45) is -14.4. The lowest BCUT2D eigenvalue weighted by Gasteiger charge is -2.45. The Morgan fingerprint density at radius 2 is 1.38 bits per heavy atom. The number of ether oxygens (including phenoxy) is 4. The molecule has 12 heteroatoms. The van der Waals surface area contributed by atoms with E-state index < -0.39 is 80.6 Å². The van der Waals surface area contributed by atoms with Gasteiger partial charge in [0.1, 0.15) is 42.7 Å². The summed E-state index contributed by atoms with van der Waals surface area (Å²) in [4.78, 5) is 12.0. The van der Waals surface area contributed by atoms with Crippen LogP contribution in [0.5, 0.6) is 0 Å². The second-order valence-corrected chi connectivity index (χ2v) is 6.88. The monoisotopic (exact) mass is 424 g/mol. The van der Waals surface area contributed by atoms with Crippen LogP contribution in [0.2, 0.25) is 0 Å². The predicted molar refractivity (Wildman–Crippen MR) is 91.9 cm³/mol. The second-order valence-electron chi connectivity index (χ2n) is 6.88. The highest BCUT2D eigenvalue weighted by molar-refractivity contribution is 5.87. The number of aliphatic hydroxyl groups excluding tert-OH is 7. The first-order chi connectivity index (χ1) is 13.7. The van der Waals surface area contributed by atoms with Gasteiger partial charge in [-0.1, -0.05) is 6.08 Å². The Morgan fingerprint density at radius 3 is 1.90 bits per heavy atom. The summed E-state index contributed by atoms with van der Waals surface area (Å²) < 4.78 is 20.9. The van der Waals surface area contributed by atoms with Gasteiger partial charge in [-0.25, -0.2) is 4.79 Å². The molecule has 10 unspecified atom stereocenters. The molecule has 2 aliphatic heterocycles. The quantitative estimate of drug-likeness (QED) is 0.162. The summed E-state index contributed by atoms with van der Waals surface area (Å²) in [7, 11) is 0. The molecule has 0 bridgehead atoms. The molecule has 10 atom stereocenters. The summed E-state index contributed by atoms with van der Waals surface area (Å²) in [5.41, 5.74) is 0.211. The highest BCUT2D eigenvalue weighted by atomic mass is 16.8. The van der Waals surface area contributed by atoms with Gasteiger partial charge in [-0.15, -0.1) is 0 Å². The maximum absolute atomic E-state index is 12.0. The van der Waals surface area contributed by atoms with Gasteiger partial charge in [0, 0.05) is 5.57 Å². The van der Waals surface area contributed by atoms with Crippen molar-refractivity contribution in [1.82, 2.24) is 0 Å². The first-order valence-corrected chi connectivity index (χ1v) is 9.08. The number of hydrogen-bond donors (Lipinski definition) is 7. The minimum Gasteiger partial charge on any atom is -0.453 e. The van der Waals surface area contributed by atoms with E-state index in [-0.39, 0.29) is 5.57 Å². The van der Waals surface area contributed by atoms with Crippen LogP contribution in [0.25, 0.3) is 0 Å². The lowest BCUT2D eigenvalue weighted by Crippen LogP contribution is -2.64. The van der Waals surface area contributed by atoms with E-state index in [0.29, 0.717) is 0 Å². The van der Waals surface area contributed by atoms with E-state index >= 15 is 0 Å². The minimum absolute atomic E-state index is 0.211. The van der Waals surface area contributed by atoms with Crippen LogP contribution in [0.4, 0.5) is 0 Å². The highest BCUT2D eigenvalue weighted by Crippen LogP contribution is 2.29. The van der Waals surface area contributed by atoms with Crippen LogP contribution >= 0.6 is 0 Å². The molecule has 2 rings (SSSR count). The van der Waals surface area contributed by atoms with Crippen molar-refractivity contribution in [3.05, 3.63) is 11.6 Å². The van der Waals surface area contributed by atoms with E-state index in [9.17, 15) is 40.5 Å². The average molecular weight is 424 g/mol. The Bertz CT molecular complexity index is 581. The van der Waals surface area contributed by atoms with Crippen LogP contribution in [0, 0.1) is 0 Å². The third-order valence-corrected chi connectivity index (χ3v) is 4.94. The lowest BCUT2D eigenvalue weighted by molar-refractivity contribution is -0.376. The number of esters is 1. The SMILES string of the molecule is C/C=C(/C)C(=O)OC1C(O)C(CO)OC(OC2OC(CO)C(O)C(O)C2O)C1O. The van der Waals surface area contributed by atoms with E-state index in [4.69, 9.17) is 18.9 Å². The van der Waals surface area contributed by atoms with Crippen molar-refractivity contribution in [3.8, 4) is 0 Å². The number of rotatable bonds is 6. The van der Waals surface area contributed by atoms with Gasteiger partial charge in [0.25, 0.3) is 0 Å². The second kappa shape index (κ2) is 10.2. The molecule has 2 heterocycles. The Kier molecular flexibility index (Phi) is 8.48. The van der Waals surface area contributed by atoms with E-state index in [0.717, 1.165) is 0 Å². The number of carbonyl (C=O) groups is 1. The van der Waals surface area contributed by atoms with E-state index in [1.54, 1.807) is 6.92 Å². The fraction of sp³-hybridized carbons (Fsp3) is 0.824. The molecule has 2 fully saturated rings. The Balaban J connectivity index is 2.17. The van der Waals surface area contributed by atoms with Gasteiger partial charge in [-0.2, -0.15) is 0 Å². The van der Waals surface area contributed by atoms with Crippen molar-refractivity contribution in [2.24, 2.45) is 0 Å². The van der Waals surface area contributed by atoms with Crippen molar-refractivity contribution >= 4 is 5.97 Å². The van der Waals surface area contributed by atoms with Gasteiger partial charge in [-0.3, -0.25) is 0 Å². The number of allylic oxidation sites excluding steroid dienone is 1. The topological polar surface area (TPSA) is 196 Å². The summed E-state index contributed by atoms with van der Waals surface area (Å²) in [5.74, 6) is -0.819. The van der Waals surface area contributed by atoms with Crippen molar-refractivity contribution in [2.45, 2.75) is 75.3 Å². The molecule has 2 saturated heterocycles. The first-order valence-electron chi connectivity index (χ1n) is 9.08. The molecule has 168 valence electrons. The number of aliphatic hydroxyl groups is 7. The molecule has 0 aromatic rings. The molecule has 0 spiro atoms. The molecular formula is C17H28O12. The molecule has 12 nitrogen and oxygen atoms in total. The molecule has 0 aromatic carbocycles. The third-order valence-electron chi connectivity index (χ3n) is 4.94. The van der Waals surface area contributed by atoms with Gasteiger partial charge >= 0.3 is 5.97 Å². The zero-order valence-corrected chi connectivity index (χ0v) is 15.9. The van der Waals surface area contributed by atoms with Crippen LogP contribution in [0.1, 0.15) is 13.8 Å². The maximum Gasteiger partial charge on any atom is 0.333 e. The highest BCUT2D eigenvalue weighted by Gasteiger charge is 2.51. The molecule has 0 aliphatic carbocycles. The number of hydrogen-bond acceptors (Lipinski definition) is 12. The van der Waals surface area contributed by atoms with Gasteiger partial charge in [-0.05, 0) is 13.8 Å². The van der Waals surface area contributed by atoms with Crippen molar-refractivity contribution in [1.29, 1.82) is 0 Å². The maximum atomic E-state index is 12.0. The van der Waals surface area contributed by atoms with Crippen LogP contribution < -0.4 is 0 Å². The normalized spacial score (nSPS) is 43.8. The predicted octanol–water partition coefficient (Wildman–Crippen LogP) is -3.88. The van der Waals surface area contributed by atoms with Crippen LogP contribution in [-0.2, 0) is 23.7 Å². The smallest absolute Gasteiger partial charge is 0.333 e. The average Bonchev–Trinajstić information content (AvgIpc) is 2.72. The Labute approximate surface area is 166 Å². The first kappa shape index (κ1) is 24.1. The molecule has 0 radical (unpaired) electrons. The Morgan fingerprint density at radius 1 is 0.862 bits per heavy atom. The van der Waals surface area contributed by atoms with Gasteiger partial charge < -0.3 is 54.7 Å². The molecular weight excluding hydrogens is 396 g/mol. The molecule has 0 saturated carbocycles. The summed E-state index contributed by atoms with van der Waals surface area (Å²) in [6.45, 7) is 1.65. The molecule has 0 aromatic heterocycles. The van der Waals surface area contributed by atoms with E-state index in [1.165, 1.54) is 13.0 Å². The van der Waals surface area contributed by atoms with Crippen LogP contribution in [0.3, 0.4) is 0 Å².